The van der Waals surface area contributed by atoms with Crippen LogP contribution < -0.4 is 10.3 Å². The Balaban J connectivity index is 0.00000176. The number of carbonyl (C=O) groups is 1. The first-order valence-corrected chi connectivity index (χ1v) is 12.0. The molecule has 1 fully saturated rings. The summed E-state index contributed by atoms with van der Waals surface area (Å²) in [7, 11) is 1.00. The standard InChI is InChI=1S/C27H26ClN3O3.CH4O/c1-18(8-6-12-29-2)14-20-11-7-13-30(20)25-16-24-21(15-23(25)28)26(32)22(27(33)34)17-31(24)19-9-4-3-5-10-19;1-2/h3-6,8-10,12,15-17,20H,2,7,11,13-14H2,1H3,(H,33,34);2H,1H3/b12-6-,18-8-;. The van der Waals surface area contributed by atoms with Gasteiger partial charge in [-0.25, -0.2) is 4.79 Å². The fraction of sp³-hybridized carbons (Fsp3) is 0.250. The molecule has 2 aromatic carbocycles. The summed E-state index contributed by atoms with van der Waals surface area (Å²) in [5, 5.41) is 17.3. The number of para-hydroxylation sites is 1. The third-order valence-corrected chi connectivity index (χ3v) is 6.46. The summed E-state index contributed by atoms with van der Waals surface area (Å²) in [6.07, 6.45) is 9.92. The molecule has 4 rings (SSSR count). The lowest BCUT2D eigenvalue weighted by Crippen LogP contribution is -2.30. The molecule has 1 unspecified atom stereocenters. The molecule has 1 aliphatic rings. The highest BCUT2D eigenvalue weighted by Crippen LogP contribution is 2.37. The van der Waals surface area contributed by atoms with Gasteiger partial charge in [-0.2, -0.15) is 0 Å². The van der Waals surface area contributed by atoms with E-state index in [4.69, 9.17) is 16.7 Å². The number of aromatic nitrogens is 1. The Kier molecular flexibility index (Phi) is 9.22. The zero-order valence-corrected chi connectivity index (χ0v) is 21.2. The number of aromatic carboxylic acids is 1. The van der Waals surface area contributed by atoms with Crippen LogP contribution in [0.2, 0.25) is 5.02 Å². The van der Waals surface area contributed by atoms with Gasteiger partial charge < -0.3 is 19.7 Å². The van der Waals surface area contributed by atoms with Crippen LogP contribution in [0.3, 0.4) is 0 Å². The van der Waals surface area contributed by atoms with Gasteiger partial charge in [-0.1, -0.05) is 41.4 Å². The minimum absolute atomic E-state index is 0.270. The van der Waals surface area contributed by atoms with Crippen molar-refractivity contribution in [3.05, 3.63) is 93.4 Å². The quantitative estimate of drug-likeness (QED) is 0.326. The number of aliphatic hydroxyl groups excluding tert-OH is 1. The number of aliphatic imine (C=N–C) groups is 1. The van der Waals surface area contributed by atoms with Crippen LogP contribution in [0.15, 0.2) is 82.4 Å². The van der Waals surface area contributed by atoms with Gasteiger partial charge in [-0.05, 0) is 63.2 Å². The first kappa shape index (κ1) is 26.9. The molecule has 0 aliphatic carbocycles. The van der Waals surface area contributed by atoms with Crippen LogP contribution in [-0.2, 0) is 0 Å². The van der Waals surface area contributed by atoms with Gasteiger partial charge in [0.15, 0.2) is 0 Å². The number of rotatable bonds is 7. The molecule has 36 heavy (non-hydrogen) atoms. The summed E-state index contributed by atoms with van der Waals surface area (Å²) in [6.45, 7) is 6.40. The number of fused-ring (bicyclic) bond motifs is 1. The summed E-state index contributed by atoms with van der Waals surface area (Å²) >= 11 is 6.71. The normalized spacial score (nSPS) is 15.7. The Hall–Kier alpha value is -3.68. The molecule has 8 heteroatoms. The zero-order chi connectivity index (χ0) is 26.2. The van der Waals surface area contributed by atoms with Gasteiger partial charge in [0.1, 0.15) is 5.56 Å². The molecule has 3 aromatic rings. The van der Waals surface area contributed by atoms with E-state index in [1.54, 1.807) is 16.8 Å². The van der Waals surface area contributed by atoms with Crippen LogP contribution >= 0.6 is 11.6 Å². The van der Waals surface area contributed by atoms with Crippen LogP contribution in [0.4, 0.5) is 5.69 Å². The van der Waals surface area contributed by atoms with E-state index in [-0.39, 0.29) is 17.0 Å². The summed E-state index contributed by atoms with van der Waals surface area (Å²) in [5.41, 5.74) is 2.63. The maximum Gasteiger partial charge on any atom is 0.341 e. The van der Waals surface area contributed by atoms with Gasteiger partial charge in [0.25, 0.3) is 0 Å². The van der Waals surface area contributed by atoms with Crippen LogP contribution in [0, 0.1) is 0 Å². The molecule has 0 spiro atoms. The van der Waals surface area contributed by atoms with E-state index in [1.807, 2.05) is 48.6 Å². The fourth-order valence-electron chi connectivity index (χ4n) is 4.58. The van der Waals surface area contributed by atoms with Gasteiger partial charge in [-0.15, -0.1) is 0 Å². The molecule has 0 bridgehead atoms. The summed E-state index contributed by atoms with van der Waals surface area (Å²) in [5.74, 6) is -1.26. The number of halogens is 1. The van der Waals surface area contributed by atoms with Crippen molar-refractivity contribution in [2.45, 2.75) is 32.2 Å². The second-order valence-electron chi connectivity index (χ2n) is 8.43. The fourth-order valence-corrected chi connectivity index (χ4v) is 4.85. The number of carboxylic acid groups (broad SMARTS) is 1. The lowest BCUT2D eigenvalue weighted by molar-refractivity contribution is 0.0695. The molecule has 1 atom stereocenters. The molecular weight excluding hydrogens is 478 g/mol. The maximum atomic E-state index is 13.0. The Morgan fingerprint density at radius 2 is 1.97 bits per heavy atom. The number of hydrogen-bond donors (Lipinski definition) is 2. The number of allylic oxidation sites excluding steroid dienone is 2. The molecule has 1 aliphatic heterocycles. The van der Waals surface area contributed by atoms with Crippen molar-refractivity contribution in [1.82, 2.24) is 4.57 Å². The minimum Gasteiger partial charge on any atom is -0.477 e. The molecule has 0 amide bonds. The lowest BCUT2D eigenvalue weighted by atomic mass is 10.0. The Morgan fingerprint density at radius 3 is 2.64 bits per heavy atom. The molecule has 0 saturated carbocycles. The molecule has 2 N–H and O–H groups in total. The predicted molar refractivity (Wildman–Crippen MR) is 147 cm³/mol. The number of hydrogen-bond acceptors (Lipinski definition) is 5. The smallest absolute Gasteiger partial charge is 0.341 e. The van der Waals surface area contributed by atoms with E-state index in [2.05, 4.69) is 23.5 Å². The number of carboxylic acids is 1. The van der Waals surface area contributed by atoms with Crippen LogP contribution in [0.5, 0.6) is 0 Å². The van der Waals surface area contributed by atoms with Crippen molar-refractivity contribution in [2.75, 3.05) is 18.6 Å². The van der Waals surface area contributed by atoms with Gasteiger partial charge in [0, 0.05) is 43.2 Å². The number of benzene rings is 2. The van der Waals surface area contributed by atoms with Crippen LogP contribution in [-0.4, -0.2) is 47.2 Å². The SMILES string of the molecule is C=N/C=C\C=C(\C)CC1CCCN1c1cc2c(cc1Cl)c(=O)c(C(=O)O)cn2-c1ccccc1.CO. The number of anilines is 1. The first-order chi connectivity index (χ1) is 17.4. The summed E-state index contributed by atoms with van der Waals surface area (Å²) < 4.78 is 1.75. The van der Waals surface area contributed by atoms with E-state index < -0.39 is 11.4 Å². The van der Waals surface area contributed by atoms with Crippen molar-refractivity contribution >= 4 is 40.9 Å². The van der Waals surface area contributed by atoms with Gasteiger partial charge >= 0.3 is 5.97 Å². The van der Waals surface area contributed by atoms with Crippen molar-refractivity contribution in [3.8, 4) is 5.69 Å². The Labute approximate surface area is 215 Å². The zero-order valence-electron chi connectivity index (χ0n) is 20.4. The van der Waals surface area contributed by atoms with E-state index in [0.717, 1.165) is 44.3 Å². The maximum absolute atomic E-state index is 13.0. The monoisotopic (exact) mass is 507 g/mol. The molecule has 1 saturated heterocycles. The van der Waals surface area contributed by atoms with E-state index in [9.17, 15) is 14.7 Å². The number of nitrogens with zero attached hydrogens (tertiary/aromatic N) is 3. The average molecular weight is 508 g/mol. The highest BCUT2D eigenvalue weighted by Gasteiger charge is 2.27. The number of pyridine rings is 1. The van der Waals surface area contributed by atoms with Crippen molar-refractivity contribution in [1.29, 1.82) is 0 Å². The van der Waals surface area contributed by atoms with Crippen molar-refractivity contribution < 1.29 is 15.0 Å². The van der Waals surface area contributed by atoms with Gasteiger partial charge in [-0.3, -0.25) is 9.79 Å². The predicted octanol–water partition coefficient (Wildman–Crippen LogP) is 5.47. The third kappa shape index (κ3) is 5.75. The summed E-state index contributed by atoms with van der Waals surface area (Å²) in [6, 6.07) is 13.2. The van der Waals surface area contributed by atoms with Crippen molar-refractivity contribution in [2.24, 2.45) is 4.99 Å². The summed E-state index contributed by atoms with van der Waals surface area (Å²) in [4.78, 5) is 30.8. The minimum atomic E-state index is -1.26. The van der Waals surface area contributed by atoms with E-state index in [0.29, 0.717) is 10.5 Å². The first-order valence-electron chi connectivity index (χ1n) is 11.6. The van der Waals surface area contributed by atoms with E-state index in [1.165, 1.54) is 11.8 Å². The van der Waals surface area contributed by atoms with Crippen LogP contribution in [0.1, 0.15) is 36.5 Å². The molecule has 1 aromatic heterocycles. The highest BCUT2D eigenvalue weighted by molar-refractivity contribution is 6.34. The lowest BCUT2D eigenvalue weighted by Gasteiger charge is -2.29. The van der Waals surface area contributed by atoms with E-state index >= 15 is 0 Å². The van der Waals surface area contributed by atoms with Gasteiger partial charge in [0.2, 0.25) is 5.43 Å². The average Bonchev–Trinajstić information content (AvgIpc) is 3.33. The Morgan fingerprint density at radius 1 is 1.25 bits per heavy atom. The van der Waals surface area contributed by atoms with Gasteiger partial charge in [0.05, 0.1) is 16.2 Å². The molecular formula is C28H30ClN3O4. The second-order valence-corrected chi connectivity index (χ2v) is 8.84. The molecule has 7 nitrogen and oxygen atoms in total. The number of aliphatic hydroxyl groups is 1. The third-order valence-electron chi connectivity index (χ3n) is 6.15. The Bertz CT molecular complexity index is 1360. The molecule has 188 valence electrons. The molecule has 0 radical (unpaired) electrons. The topological polar surface area (TPSA) is 95.1 Å². The van der Waals surface area contributed by atoms with Crippen molar-refractivity contribution in [3.63, 3.8) is 0 Å². The van der Waals surface area contributed by atoms with Crippen LogP contribution in [0.25, 0.3) is 16.6 Å². The second kappa shape index (κ2) is 12.3. The highest BCUT2D eigenvalue weighted by atomic mass is 35.5. The molecule has 2 heterocycles. The largest absolute Gasteiger partial charge is 0.477 e.